The van der Waals surface area contributed by atoms with Crippen molar-refractivity contribution < 1.29 is 8.85 Å². The summed E-state index contributed by atoms with van der Waals surface area (Å²) in [6.45, 7) is 15.7. The maximum atomic E-state index is 6.33. The number of hydrogen-bond acceptors (Lipinski definition) is 3. The van der Waals surface area contributed by atoms with E-state index in [1.165, 1.54) is 0 Å². The lowest BCUT2D eigenvalue weighted by molar-refractivity contribution is 0.0972. The van der Waals surface area contributed by atoms with Gasteiger partial charge >= 0.3 is 8.56 Å². The molecule has 2 atom stereocenters. The standard InChI is InChI=1S/C11H29NO2Si2/c1-8-10-16(7,13-9-2)14-11(3,12)15(4,5)6/h8-10,12H2,1-7H3. The lowest BCUT2D eigenvalue weighted by Crippen LogP contribution is -2.64. The van der Waals surface area contributed by atoms with E-state index in [-0.39, 0.29) is 0 Å². The SMILES string of the molecule is CCC[Si](C)(OCC)OC(C)(N)[Si](C)(C)C. The summed E-state index contributed by atoms with van der Waals surface area (Å²) in [4.78, 5) is 0. The van der Waals surface area contributed by atoms with Gasteiger partial charge in [-0.05, 0) is 26.4 Å². The van der Waals surface area contributed by atoms with Gasteiger partial charge in [0.2, 0.25) is 0 Å². The minimum atomic E-state index is -2.08. The maximum Gasteiger partial charge on any atom is 0.336 e. The number of hydrogen-bond donors (Lipinski definition) is 1. The zero-order chi connectivity index (χ0) is 13.0. The van der Waals surface area contributed by atoms with Gasteiger partial charge in [0.05, 0.1) is 13.4 Å². The molecule has 0 aromatic heterocycles. The van der Waals surface area contributed by atoms with Crippen LogP contribution in [0.3, 0.4) is 0 Å². The van der Waals surface area contributed by atoms with E-state index < -0.39 is 22.0 Å². The minimum Gasteiger partial charge on any atom is -0.395 e. The zero-order valence-electron chi connectivity index (χ0n) is 12.0. The molecule has 16 heavy (non-hydrogen) atoms. The van der Waals surface area contributed by atoms with Crippen LogP contribution in [0.15, 0.2) is 0 Å². The molecule has 2 N–H and O–H groups in total. The van der Waals surface area contributed by atoms with Gasteiger partial charge in [-0.25, -0.2) is 0 Å². The highest BCUT2D eigenvalue weighted by Crippen LogP contribution is 2.27. The van der Waals surface area contributed by atoms with Crippen molar-refractivity contribution in [3.8, 4) is 0 Å². The van der Waals surface area contributed by atoms with Gasteiger partial charge < -0.3 is 14.6 Å². The summed E-state index contributed by atoms with van der Waals surface area (Å²) in [5.74, 6) is 0. The van der Waals surface area contributed by atoms with Crippen molar-refractivity contribution in [3.63, 3.8) is 0 Å². The Hall–Kier alpha value is 0.314. The highest BCUT2D eigenvalue weighted by molar-refractivity contribution is 6.80. The first kappa shape index (κ1) is 16.3. The van der Waals surface area contributed by atoms with Crippen molar-refractivity contribution in [1.29, 1.82) is 0 Å². The van der Waals surface area contributed by atoms with Crippen LogP contribution in [-0.4, -0.2) is 28.6 Å². The molecule has 0 amide bonds. The van der Waals surface area contributed by atoms with Crippen LogP contribution < -0.4 is 5.73 Å². The second kappa shape index (κ2) is 5.77. The summed E-state index contributed by atoms with van der Waals surface area (Å²) in [5, 5.41) is -0.502. The fourth-order valence-corrected chi connectivity index (χ4v) is 6.11. The molecule has 0 aromatic carbocycles. The molecule has 0 saturated carbocycles. The van der Waals surface area contributed by atoms with E-state index in [0.29, 0.717) is 6.61 Å². The second-order valence-corrected chi connectivity index (χ2v) is 14.5. The normalized spacial score (nSPS) is 20.2. The van der Waals surface area contributed by atoms with Crippen LogP contribution in [0.1, 0.15) is 27.2 Å². The fourth-order valence-electron chi connectivity index (χ4n) is 1.51. The van der Waals surface area contributed by atoms with Crippen molar-refractivity contribution in [2.45, 2.75) is 64.8 Å². The molecule has 0 aliphatic rings. The first-order chi connectivity index (χ1) is 7.08. The Labute approximate surface area is 103 Å². The summed E-state index contributed by atoms with van der Waals surface area (Å²) < 4.78 is 12.1. The molecule has 2 unspecified atom stereocenters. The van der Waals surface area contributed by atoms with Gasteiger partial charge in [0.15, 0.2) is 0 Å². The Balaban J connectivity index is 4.74. The molecule has 0 aromatic rings. The molecule has 0 aliphatic carbocycles. The average molecular weight is 264 g/mol. The minimum absolute atomic E-state index is 0.502. The lowest BCUT2D eigenvalue weighted by atomic mass is 10.6. The summed E-state index contributed by atoms with van der Waals surface area (Å²) in [6, 6.07) is 1.01. The van der Waals surface area contributed by atoms with Gasteiger partial charge in [0, 0.05) is 6.61 Å². The van der Waals surface area contributed by atoms with E-state index in [1.807, 2.05) is 13.8 Å². The van der Waals surface area contributed by atoms with E-state index >= 15 is 0 Å². The fraction of sp³-hybridized carbons (Fsp3) is 1.00. The second-order valence-electron chi connectivity index (χ2n) is 5.78. The van der Waals surface area contributed by atoms with Gasteiger partial charge in [0.1, 0.15) is 0 Å². The van der Waals surface area contributed by atoms with E-state index in [2.05, 4.69) is 33.1 Å². The quantitative estimate of drug-likeness (QED) is 0.567. The Morgan fingerprint density at radius 2 is 1.62 bits per heavy atom. The monoisotopic (exact) mass is 263 g/mol. The van der Waals surface area contributed by atoms with Crippen LogP contribution in [0.2, 0.25) is 32.2 Å². The van der Waals surface area contributed by atoms with E-state index in [9.17, 15) is 0 Å². The largest absolute Gasteiger partial charge is 0.395 e. The molecule has 0 fully saturated rings. The van der Waals surface area contributed by atoms with Crippen molar-refractivity contribution in [3.05, 3.63) is 0 Å². The highest BCUT2D eigenvalue weighted by atomic mass is 28.4. The molecule has 5 heteroatoms. The van der Waals surface area contributed by atoms with Gasteiger partial charge in [-0.1, -0.05) is 33.0 Å². The third kappa shape index (κ3) is 4.67. The van der Waals surface area contributed by atoms with Crippen LogP contribution in [0.25, 0.3) is 0 Å². The molecule has 0 heterocycles. The van der Waals surface area contributed by atoms with Crippen molar-refractivity contribution in [2.75, 3.05) is 6.61 Å². The smallest absolute Gasteiger partial charge is 0.336 e. The van der Waals surface area contributed by atoms with Crippen LogP contribution >= 0.6 is 0 Å². The van der Waals surface area contributed by atoms with Crippen LogP contribution in [0.5, 0.6) is 0 Å². The Morgan fingerprint density at radius 1 is 1.12 bits per heavy atom. The van der Waals surface area contributed by atoms with Gasteiger partial charge in [-0.3, -0.25) is 0 Å². The van der Waals surface area contributed by atoms with E-state index in [4.69, 9.17) is 14.6 Å². The molecule has 98 valence electrons. The summed E-state index contributed by atoms with van der Waals surface area (Å²) in [6.07, 6.45) is 1.09. The Kier molecular flexibility index (Phi) is 5.89. The van der Waals surface area contributed by atoms with Crippen molar-refractivity contribution >= 4 is 16.6 Å². The molecule has 0 saturated heterocycles. The van der Waals surface area contributed by atoms with E-state index in [0.717, 1.165) is 12.5 Å². The summed E-state index contributed by atoms with van der Waals surface area (Å²) >= 11 is 0. The summed E-state index contributed by atoms with van der Waals surface area (Å²) in [7, 11) is -3.63. The van der Waals surface area contributed by atoms with Crippen LogP contribution in [0.4, 0.5) is 0 Å². The average Bonchev–Trinajstić information content (AvgIpc) is 2.00. The molecule has 0 bridgehead atoms. The topological polar surface area (TPSA) is 44.5 Å². The molecule has 0 radical (unpaired) electrons. The van der Waals surface area contributed by atoms with E-state index in [1.54, 1.807) is 0 Å². The third-order valence-electron chi connectivity index (χ3n) is 3.07. The van der Waals surface area contributed by atoms with Gasteiger partial charge in [-0.2, -0.15) is 0 Å². The molecular weight excluding hydrogens is 234 g/mol. The number of rotatable bonds is 7. The van der Waals surface area contributed by atoms with Crippen LogP contribution in [0, 0.1) is 0 Å². The molecule has 0 rings (SSSR count). The third-order valence-corrected chi connectivity index (χ3v) is 9.52. The first-order valence-corrected chi connectivity index (χ1v) is 12.2. The molecular formula is C11H29NO2Si2. The zero-order valence-corrected chi connectivity index (χ0v) is 14.0. The van der Waals surface area contributed by atoms with Crippen molar-refractivity contribution in [1.82, 2.24) is 0 Å². The van der Waals surface area contributed by atoms with Crippen molar-refractivity contribution in [2.24, 2.45) is 5.73 Å². The maximum absolute atomic E-state index is 6.33. The highest BCUT2D eigenvalue weighted by Gasteiger charge is 2.44. The molecule has 0 aliphatic heterocycles. The number of nitrogens with two attached hydrogens (primary N) is 1. The Morgan fingerprint density at radius 3 is 1.94 bits per heavy atom. The predicted octanol–water partition coefficient (Wildman–Crippen LogP) is 3.07. The Bertz CT molecular complexity index is 209. The van der Waals surface area contributed by atoms with Gasteiger partial charge in [-0.15, -0.1) is 0 Å². The van der Waals surface area contributed by atoms with Crippen LogP contribution in [-0.2, 0) is 8.85 Å². The molecule has 3 nitrogen and oxygen atoms in total. The summed E-state index contributed by atoms with van der Waals surface area (Å²) in [5.41, 5.74) is 6.33. The lowest BCUT2D eigenvalue weighted by Gasteiger charge is -2.43. The molecule has 0 spiro atoms. The predicted molar refractivity (Wildman–Crippen MR) is 75.4 cm³/mol. The first-order valence-electron chi connectivity index (χ1n) is 6.21. The van der Waals surface area contributed by atoms with Gasteiger partial charge in [0.25, 0.3) is 0 Å².